The Morgan fingerprint density at radius 2 is 1.93 bits per heavy atom. The number of carbonyl (C=O) groups is 1. The van der Waals surface area contributed by atoms with Gasteiger partial charge in [-0.2, -0.15) is 0 Å². The minimum Gasteiger partial charge on any atom is -0.356 e. The molecule has 1 aliphatic rings. The number of nitrogens with zero attached hydrogens (tertiary/aromatic N) is 2. The lowest BCUT2D eigenvalue weighted by Gasteiger charge is -2.14. The van der Waals surface area contributed by atoms with E-state index in [1.165, 1.54) is 12.1 Å². The highest BCUT2D eigenvalue weighted by atomic mass is 35.5. The van der Waals surface area contributed by atoms with Crippen molar-refractivity contribution in [2.24, 2.45) is 0 Å². The molecule has 0 atom stereocenters. The van der Waals surface area contributed by atoms with Crippen molar-refractivity contribution < 1.29 is 14.2 Å². The molecule has 8 heteroatoms. The summed E-state index contributed by atoms with van der Waals surface area (Å²) in [5.41, 5.74) is 1.69. The molecule has 1 heterocycles. The quantitative estimate of drug-likeness (QED) is 0.488. The molecule has 0 radical (unpaired) electrons. The lowest BCUT2D eigenvalue weighted by atomic mass is 10.00. The predicted molar refractivity (Wildman–Crippen MR) is 104 cm³/mol. The first-order valence-corrected chi connectivity index (χ1v) is 9.06. The molecular weight excluding hydrogens is 382 g/mol. The van der Waals surface area contributed by atoms with Crippen LogP contribution in [0.2, 0.25) is 5.02 Å². The molecule has 7 nitrogen and oxygen atoms in total. The number of benzene rings is 2. The van der Waals surface area contributed by atoms with Crippen molar-refractivity contribution in [1.29, 1.82) is 0 Å². The van der Waals surface area contributed by atoms with E-state index in [2.05, 4.69) is 10.5 Å². The number of nitrogens with one attached hydrogen (secondary N) is 1. The maximum absolute atomic E-state index is 12.9. The maximum atomic E-state index is 12.9. The van der Waals surface area contributed by atoms with Gasteiger partial charge in [0.1, 0.15) is 0 Å². The van der Waals surface area contributed by atoms with Crippen LogP contribution in [0.3, 0.4) is 0 Å². The van der Waals surface area contributed by atoms with Crippen LogP contribution in [-0.4, -0.2) is 16.0 Å². The zero-order chi connectivity index (χ0) is 19.9. The number of amides is 1. The summed E-state index contributed by atoms with van der Waals surface area (Å²) in [6, 6.07) is 13.3. The number of anilines is 1. The topological polar surface area (TPSA) is 98.3 Å². The number of nitro groups is 1. The van der Waals surface area contributed by atoms with E-state index in [1.807, 2.05) is 12.1 Å². The second-order valence-electron chi connectivity index (χ2n) is 6.88. The molecule has 4 rings (SSSR count). The molecule has 1 N–H and O–H groups in total. The summed E-state index contributed by atoms with van der Waals surface area (Å²) in [7, 11) is 0. The fourth-order valence-electron chi connectivity index (χ4n) is 3.08. The van der Waals surface area contributed by atoms with E-state index in [0.29, 0.717) is 35.0 Å². The molecule has 1 aromatic heterocycles. The van der Waals surface area contributed by atoms with Crippen molar-refractivity contribution >= 4 is 28.9 Å². The van der Waals surface area contributed by atoms with Crippen molar-refractivity contribution in [2.45, 2.75) is 25.2 Å². The fourth-order valence-corrected chi connectivity index (χ4v) is 3.20. The van der Waals surface area contributed by atoms with Crippen LogP contribution < -0.4 is 5.32 Å². The third-order valence-corrected chi connectivity index (χ3v) is 5.25. The van der Waals surface area contributed by atoms with E-state index < -0.39 is 10.3 Å². The van der Waals surface area contributed by atoms with Gasteiger partial charge in [0.05, 0.1) is 21.7 Å². The SMILES string of the molecule is Cc1ccc([N+](=O)[O-])cc1NC(=O)C1(c2cc(-c3ccc(Cl)cc3)on2)CC1. The average Bonchev–Trinajstić information content (AvgIpc) is 3.34. The van der Waals surface area contributed by atoms with Crippen molar-refractivity contribution in [3.05, 3.63) is 74.9 Å². The molecule has 1 aliphatic carbocycles. The van der Waals surface area contributed by atoms with Gasteiger partial charge >= 0.3 is 0 Å². The highest BCUT2D eigenvalue weighted by Crippen LogP contribution is 2.49. The van der Waals surface area contributed by atoms with Crippen molar-refractivity contribution in [3.63, 3.8) is 0 Å². The summed E-state index contributed by atoms with van der Waals surface area (Å²) in [5.74, 6) is 0.310. The summed E-state index contributed by atoms with van der Waals surface area (Å²) in [6.45, 7) is 1.79. The van der Waals surface area contributed by atoms with E-state index in [1.54, 1.807) is 31.2 Å². The maximum Gasteiger partial charge on any atom is 0.271 e. The normalized spacial score (nSPS) is 14.5. The first kappa shape index (κ1) is 18.2. The Bertz CT molecular complexity index is 1070. The van der Waals surface area contributed by atoms with Gasteiger partial charge in [-0.25, -0.2) is 0 Å². The number of aryl methyl sites for hydroxylation is 1. The molecule has 0 aliphatic heterocycles. The van der Waals surface area contributed by atoms with Crippen LogP contribution in [0.25, 0.3) is 11.3 Å². The molecule has 2 aromatic carbocycles. The monoisotopic (exact) mass is 397 g/mol. The summed E-state index contributed by atoms with van der Waals surface area (Å²) in [5, 5.41) is 18.5. The van der Waals surface area contributed by atoms with Gasteiger partial charge in [-0.15, -0.1) is 0 Å². The first-order chi connectivity index (χ1) is 13.4. The Kier molecular flexibility index (Phi) is 4.39. The van der Waals surface area contributed by atoms with Crippen molar-refractivity contribution in [2.75, 3.05) is 5.32 Å². The Hall–Kier alpha value is -3.19. The lowest BCUT2D eigenvalue weighted by Crippen LogP contribution is -2.28. The Morgan fingerprint density at radius 1 is 1.21 bits per heavy atom. The average molecular weight is 398 g/mol. The number of aromatic nitrogens is 1. The van der Waals surface area contributed by atoms with Crippen LogP contribution in [0, 0.1) is 17.0 Å². The van der Waals surface area contributed by atoms with Gasteiger partial charge in [-0.05, 0) is 49.6 Å². The van der Waals surface area contributed by atoms with E-state index in [0.717, 1.165) is 11.1 Å². The summed E-state index contributed by atoms with van der Waals surface area (Å²) in [4.78, 5) is 23.5. The smallest absolute Gasteiger partial charge is 0.271 e. The molecule has 0 bridgehead atoms. The summed E-state index contributed by atoms with van der Waals surface area (Å²) < 4.78 is 5.43. The molecule has 1 saturated carbocycles. The van der Waals surface area contributed by atoms with Gasteiger partial charge in [0.25, 0.3) is 5.69 Å². The number of hydrogen-bond acceptors (Lipinski definition) is 5. The Balaban J connectivity index is 1.58. The number of non-ortho nitro benzene ring substituents is 1. The zero-order valence-electron chi connectivity index (χ0n) is 14.9. The summed E-state index contributed by atoms with van der Waals surface area (Å²) >= 11 is 5.91. The van der Waals surface area contributed by atoms with E-state index in [9.17, 15) is 14.9 Å². The third-order valence-electron chi connectivity index (χ3n) is 4.99. The Labute approximate surface area is 165 Å². The molecule has 3 aromatic rings. The van der Waals surface area contributed by atoms with Crippen molar-refractivity contribution in [1.82, 2.24) is 5.16 Å². The largest absolute Gasteiger partial charge is 0.356 e. The van der Waals surface area contributed by atoms with Crippen LogP contribution >= 0.6 is 11.6 Å². The third kappa shape index (κ3) is 3.25. The van der Waals surface area contributed by atoms with Crippen LogP contribution in [0.1, 0.15) is 24.1 Å². The van der Waals surface area contributed by atoms with Crippen LogP contribution in [0.15, 0.2) is 53.1 Å². The van der Waals surface area contributed by atoms with Gasteiger partial charge in [-0.1, -0.05) is 22.8 Å². The molecule has 1 fully saturated rings. The molecular formula is C20H16ClN3O4. The number of rotatable bonds is 5. The fraction of sp³-hybridized carbons (Fsp3) is 0.200. The van der Waals surface area contributed by atoms with Crippen molar-refractivity contribution in [3.8, 4) is 11.3 Å². The molecule has 0 saturated heterocycles. The first-order valence-electron chi connectivity index (χ1n) is 8.69. The number of halogens is 1. The van der Waals surface area contributed by atoms with Gasteiger partial charge < -0.3 is 9.84 Å². The predicted octanol–water partition coefficient (Wildman–Crippen LogP) is 4.88. The van der Waals surface area contributed by atoms with Crippen LogP contribution in [0.4, 0.5) is 11.4 Å². The number of nitro benzene ring substituents is 1. The number of carbonyl (C=O) groups excluding carboxylic acids is 1. The van der Waals surface area contributed by atoms with E-state index >= 15 is 0 Å². The standard InChI is InChI=1S/C20H16ClN3O4/c1-12-2-7-15(24(26)27)10-16(12)22-19(25)20(8-9-20)18-11-17(28-23-18)13-3-5-14(21)6-4-13/h2-7,10-11H,8-9H2,1H3,(H,22,25). The van der Waals surface area contributed by atoms with Gasteiger partial charge in [0.15, 0.2) is 5.76 Å². The molecule has 28 heavy (non-hydrogen) atoms. The highest BCUT2D eigenvalue weighted by Gasteiger charge is 2.54. The van der Waals surface area contributed by atoms with Gasteiger partial charge in [-0.3, -0.25) is 14.9 Å². The minimum atomic E-state index is -0.773. The molecule has 142 valence electrons. The van der Waals surface area contributed by atoms with Crippen LogP contribution in [0.5, 0.6) is 0 Å². The molecule has 0 spiro atoms. The molecule has 1 amide bonds. The second-order valence-corrected chi connectivity index (χ2v) is 7.31. The van der Waals surface area contributed by atoms with E-state index in [-0.39, 0.29) is 11.6 Å². The van der Waals surface area contributed by atoms with Crippen LogP contribution in [-0.2, 0) is 10.2 Å². The second kappa shape index (κ2) is 6.76. The molecule has 0 unspecified atom stereocenters. The van der Waals surface area contributed by atoms with Gasteiger partial charge in [0, 0.05) is 28.8 Å². The zero-order valence-corrected chi connectivity index (χ0v) is 15.7. The minimum absolute atomic E-state index is 0.0720. The summed E-state index contributed by atoms with van der Waals surface area (Å²) in [6.07, 6.45) is 1.28. The number of hydrogen-bond donors (Lipinski definition) is 1. The van der Waals surface area contributed by atoms with E-state index in [4.69, 9.17) is 16.1 Å². The van der Waals surface area contributed by atoms with Gasteiger partial charge in [0.2, 0.25) is 5.91 Å². The highest BCUT2D eigenvalue weighted by molar-refractivity contribution is 6.30. The Morgan fingerprint density at radius 3 is 2.57 bits per heavy atom. The lowest BCUT2D eigenvalue weighted by molar-refractivity contribution is -0.384.